The molecule has 1 aliphatic rings. The van der Waals surface area contributed by atoms with Gasteiger partial charge in [0.25, 0.3) is 0 Å². The molecule has 0 aromatic heterocycles. The van der Waals surface area contributed by atoms with Crippen molar-refractivity contribution in [2.45, 2.75) is 52.1 Å². The van der Waals surface area contributed by atoms with E-state index < -0.39 is 0 Å². The Labute approximate surface area is 112 Å². The number of ether oxygens (including phenoxy) is 1. The van der Waals surface area contributed by atoms with Crippen molar-refractivity contribution in [3.05, 3.63) is 42.0 Å². The van der Waals surface area contributed by atoms with Gasteiger partial charge in [-0.1, -0.05) is 62.2 Å². The van der Waals surface area contributed by atoms with Gasteiger partial charge in [-0.3, -0.25) is 0 Å². The van der Waals surface area contributed by atoms with Crippen LogP contribution in [0, 0.1) is 6.92 Å². The minimum absolute atomic E-state index is 0.616. The van der Waals surface area contributed by atoms with Crippen LogP contribution in [0.1, 0.15) is 50.2 Å². The molecule has 1 atom stereocenters. The first-order chi connectivity index (χ1) is 8.76. The first-order valence-corrected chi connectivity index (χ1v) is 7.07. The fraction of sp³-hybridized carbons (Fsp3) is 0.529. The van der Waals surface area contributed by atoms with E-state index in [2.05, 4.69) is 32.6 Å². The number of benzene rings is 1. The Kier molecular flexibility index (Phi) is 7.43. The molecule has 0 aliphatic carbocycles. The van der Waals surface area contributed by atoms with Crippen LogP contribution in [0.25, 0.3) is 6.08 Å². The van der Waals surface area contributed by atoms with Crippen molar-refractivity contribution in [3.8, 4) is 0 Å². The molecule has 1 aromatic rings. The number of hydrogen-bond acceptors (Lipinski definition) is 1. The Morgan fingerprint density at radius 3 is 2.78 bits per heavy atom. The summed E-state index contributed by atoms with van der Waals surface area (Å²) >= 11 is 0. The molecule has 0 amide bonds. The average molecular weight is 246 g/mol. The first kappa shape index (κ1) is 15.0. The summed E-state index contributed by atoms with van der Waals surface area (Å²) in [5, 5.41) is 0. The van der Waals surface area contributed by atoms with Crippen LogP contribution < -0.4 is 0 Å². The number of unbranched alkanes of at least 4 members (excludes halogenated alkanes) is 1. The molecule has 18 heavy (non-hydrogen) atoms. The second kappa shape index (κ2) is 8.93. The van der Waals surface area contributed by atoms with Gasteiger partial charge in [-0.15, -0.1) is 0 Å². The van der Waals surface area contributed by atoms with Crippen molar-refractivity contribution in [3.63, 3.8) is 0 Å². The fourth-order valence-electron chi connectivity index (χ4n) is 2.10. The zero-order chi connectivity index (χ0) is 13.2. The van der Waals surface area contributed by atoms with Crippen LogP contribution in [0.4, 0.5) is 0 Å². The number of aryl methyl sites for hydroxylation is 1. The predicted molar refractivity (Wildman–Crippen MR) is 79.8 cm³/mol. The van der Waals surface area contributed by atoms with Crippen LogP contribution in [-0.4, -0.2) is 12.7 Å². The van der Waals surface area contributed by atoms with Crippen molar-refractivity contribution in [2.24, 2.45) is 0 Å². The molecule has 1 nitrogen and oxygen atoms in total. The van der Waals surface area contributed by atoms with E-state index >= 15 is 0 Å². The Morgan fingerprint density at radius 1 is 1.44 bits per heavy atom. The summed E-state index contributed by atoms with van der Waals surface area (Å²) < 4.78 is 5.46. The molecule has 0 saturated carbocycles. The second-order valence-electron chi connectivity index (χ2n) is 4.90. The highest BCUT2D eigenvalue weighted by atomic mass is 16.5. The molecule has 1 heterocycles. The zero-order valence-corrected chi connectivity index (χ0v) is 11.8. The Morgan fingerprint density at radius 2 is 2.28 bits per heavy atom. The van der Waals surface area contributed by atoms with Crippen molar-refractivity contribution in [1.29, 1.82) is 0 Å². The average Bonchev–Trinajstić information content (AvgIpc) is 2.90. The minimum atomic E-state index is 0.616. The Hall–Kier alpha value is -1.08. The maximum absolute atomic E-state index is 5.46. The lowest BCUT2D eigenvalue weighted by Gasteiger charge is -2.06. The largest absolute Gasteiger partial charge is 0.378 e. The minimum Gasteiger partial charge on any atom is -0.378 e. The van der Waals surface area contributed by atoms with Crippen molar-refractivity contribution in [1.82, 2.24) is 0 Å². The van der Waals surface area contributed by atoms with Gasteiger partial charge in [0.1, 0.15) is 0 Å². The maximum atomic E-state index is 5.46. The van der Waals surface area contributed by atoms with Crippen molar-refractivity contribution in [2.75, 3.05) is 6.61 Å². The van der Waals surface area contributed by atoms with Crippen LogP contribution in [0.15, 0.2) is 30.8 Å². The maximum Gasteiger partial charge on any atom is 0.0576 e. The molecule has 1 aromatic carbocycles. The van der Waals surface area contributed by atoms with Crippen molar-refractivity contribution < 1.29 is 4.74 Å². The molecule has 1 heteroatoms. The molecule has 0 bridgehead atoms. The Bertz CT molecular complexity index is 337. The monoisotopic (exact) mass is 246 g/mol. The smallest absolute Gasteiger partial charge is 0.0576 e. The van der Waals surface area contributed by atoms with E-state index in [9.17, 15) is 0 Å². The molecule has 1 fully saturated rings. The molecule has 1 unspecified atom stereocenters. The predicted octanol–water partition coefficient (Wildman–Crippen LogP) is 4.99. The fourth-order valence-corrected chi connectivity index (χ4v) is 2.10. The van der Waals surface area contributed by atoms with E-state index in [4.69, 9.17) is 4.74 Å². The third-order valence-electron chi connectivity index (χ3n) is 3.18. The molecule has 1 saturated heterocycles. The second-order valence-corrected chi connectivity index (χ2v) is 4.90. The van der Waals surface area contributed by atoms with Gasteiger partial charge in [-0.05, 0) is 31.7 Å². The Balaban J connectivity index is 0.000000180. The van der Waals surface area contributed by atoms with E-state index in [0.717, 1.165) is 6.61 Å². The molecular formula is C17H26O. The molecule has 0 N–H and O–H groups in total. The first-order valence-electron chi connectivity index (χ1n) is 7.07. The van der Waals surface area contributed by atoms with Gasteiger partial charge in [0.2, 0.25) is 0 Å². The third-order valence-corrected chi connectivity index (χ3v) is 3.18. The standard InChI is InChI=1S/C9H10.C8H16O/c1-3-9-6-4-5-8(2)7-9;1-2-3-5-8-6-4-7-9-8/h3-7H,1H2,2H3;8H,2-7H2,1H3. The van der Waals surface area contributed by atoms with Gasteiger partial charge < -0.3 is 4.74 Å². The van der Waals surface area contributed by atoms with Crippen LogP contribution >= 0.6 is 0 Å². The summed E-state index contributed by atoms with van der Waals surface area (Å²) in [6.45, 7) is 8.99. The highest BCUT2D eigenvalue weighted by Gasteiger charge is 2.13. The SMILES string of the molecule is C=Cc1cccc(C)c1.CCCCC1CCCO1. The van der Waals surface area contributed by atoms with Gasteiger partial charge in [-0.25, -0.2) is 0 Å². The van der Waals surface area contributed by atoms with E-state index in [1.165, 1.54) is 43.2 Å². The molecular weight excluding hydrogens is 220 g/mol. The summed E-state index contributed by atoms with van der Waals surface area (Å²) in [7, 11) is 0. The van der Waals surface area contributed by atoms with Crippen LogP contribution in [0.2, 0.25) is 0 Å². The van der Waals surface area contributed by atoms with Crippen LogP contribution in [-0.2, 0) is 4.74 Å². The van der Waals surface area contributed by atoms with E-state index in [1.807, 2.05) is 18.2 Å². The molecule has 100 valence electrons. The summed E-state index contributed by atoms with van der Waals surface area (Å²) in [5.41, 5.74) is 2.47. The summed E-state index contributed by atoms with van der Waals surface area (Å²) in [4.78, 5) is 0. The summed E-state index contributed by atoms with van der Waals surface area (Å²) in [6, 6.07) is 8.26. The van der Waals surface area contributed by atoms with Crippen molar-refractivity contribution >= 4 is 6.08 Å². The highest BCUT2D eigenvalue weighted by molar-refractivity contribution is 5.47. The lowest BCUT2D eigenvalue weighted by atomic mass is 10.1. The lowest BCUT2D eigenvalue weighted by molar-refractivity contribution is 0.102. The van der Waals surface area contributed by atoms with Gasteiger partial charge in [0, 0.05) is 6.61 Å². The van der Waals surface area contributed by atoms with Gasteiger partial charge in [-0.2, -0.15) is 0 Å². The molecule has 0 radical (unpaired) electrons. The van der Waals surface area contributed by atoms with Gasteiger partial charge >= 0.3 is 0 Å². The topological polar surface area (TPSA) is 9.23 Å². The molecule has 0 spiro atoms. The number of rotatable bonds is 4. The summed E-state index contributed by atoms with van der Waals surface area (Å²) in [5.74, 6) is 0. The normalized spacial score (nSPS) is 18.0. The zero-order valence-electron chi connectivity index (χ0n) is 11.8. The van der Waals surface area contributed by atoms with E-state index in [-0.39, 0.29) is 0 Å². The molecule has 1 aliphatic heterocycles. The lowest BCUT2D eigenvalue weighted by Crippen LogP contribution is -2.03. The summed E-state index contributed by atoms with van der Waals surface area (Å²) in [6.07, 6.45) is 8.99. The van der Waals surface area contributed by atoms with Crippen LogP contribution in [0.3, 0.4) is 0 Å². The van der Waals surface area contributed by atoms with E-state index in [0.29, 0.717) is 6.10 Å². The quantitative estimate of drug-likeness (QED) is 0.727. The van der Waals surface area contributed by atoms with Gasteiger partial charge in [0.15, 0.2) is 0 Å². The van der Waals surface area contributed by atoms with E-state index in [1.54, 1.807) is 0 Å². The third kappa shape index (κ3) is 6.02. The highest BCUT2D eigenvalue weighted by Crippen LogP contribution is 2.17. The van der Waals surface area contributed by atoms with Gasteiger partial charge in [0.05, 0.1) is 6.10 Å². The number of hydrogen-bond donors (Lipinski definition) is 0. The van der Waals surface area contributed by atoms with Crippen LogP contribution in [0.5, 0.6) is 0 Å². The molecule has 2 rings (SSSR count).